The molecule has 2 aromatic carbocycles. The monoisotopic (exact) mass is 427 g/mol. The van der Waals surface area contributed by atoms with E-state index in [0.717, 1.165) is 25.7 Å². The van der Waals surface area contributed by atoms with Crippen LogP contribution in [0.4, 0.5) is 16.2 Å². The summed E-state index contributed by atoms with van der Waals surface area (Å²) in [6, 6.07) is 14.6. The molecule has 3 N–H and O–H groups in total. The van der Waals surface area contributed by atoms with Gasteiger partial charge in [-0.2, -0.15) is 0 Å². The van der Waals surface area contributed by atoms with E-state index in [2.05, 4.69) is 20.7 Å². The van der Waals surface area contributed by atoms with Gasteiger partial charge in [0.15, 0.2) is 5.11 Å². The Morgan fingerprint density at radius 3 is 2.37 bits per heavy atom. The molecule has 30 heavy (non-hydrogen) atoms. The molecule has 0 aliphatic heterocycles. The normalized spacial score (nSPS) is 13.8. The second-order valence-electron chi connectivity index (χ2n) is 7.02. The first-order valence-corrected chi connectivity index (χ1v) is 10.3. The fourth-order valence-electron chi connectivity index (χ4n) is 3.32. The number of ether oxygens (including phenoxy) is 2. The highest BCUT2D eigenvalue weighted by Crippen LogP contribution is 2.32. The molecule has 1 aliphatic rings. The summed E-state index contributed by atoms with van der Waals surface area (Å²) < 4.78 is 10.4. The van der Waals surface area contributed by atoms with Crippen molar-refractivity contribution in [2.75, 3.05) is 17.7 Å². The SMILES string of the molecule is COC(=O)NC(=S)Nc1ccc(Oc2ccccc2)cc1NC(=O)C1CCCCC1. The minimum absolute atomic E-state index is 0.00885. The second-order valence-corrected chi connectivity index (χ2v) is 7.43. The minimum atomic E-state index is -0.677. The zero-order valence-corrected chi connectivity index (χ0v) is 17.6. The van der Waals surface area contributed by atoms with Crippen molar-refractivity contribution < 1.29 is 19.1 Å². The van der Waals surface area contributed by atoms with Gasteiger partial charge in [0.05, 0.1) is 18.5 Å². The van der Waals surface area contributed by atoms with Crippen LogP contribution in [0.15, 0.2) is 48.5 Å². The van der Waals surface area contributed by atoms with Crippen molar-refractivity contribution in [1.29, 1.82) is 0 Å². The molecule has 1 aliphatic carbocycles. The van der Waals surface area contributed by atoms with Gasteiger partial charge in [-0.05, 0) is 49.3 Å². The van der Waals surface area contributed by atoms with Crippen molar-refractivity contribution in [1.82, 2.24) is 5.32 Å². The summed E-state index contributed by atoms with van der Waals surface area (Å²) in [5, 5.41) is 8.37. The topological polar surface area (TPSA) is 88.7 Å². The van der Waals surface area contributed by atoms with E-state index in [4.69, 9.17) is 17.0 Å². The lowest BCUT2D eigenvalue weighted by Gasteiger charge is -2.22. The summed E-state index contributed by atoms with van der Waals surface area (Å²) in [5.74, 6) is 1.22. The molecular weight excluding hydrogens is 402 g/mol. The van der Waals surface area contributed by atoms with E-state index in [1.165, 1.54) is 13.5 Å². The summed E-state index contributed by atoms with van der Waals surface area (Å²) in [6.07, 6.45) is 4.39. The van der Waals surface area contributed by atoms with Crippen LogP contribution in [0.3, 0.4) is 0 Å². The first-order valence-electron chi connectivity index (χ1n) is 9.89. The number of carbonyl (C=O) groups excluding carboxylic acids is 2. The van der Waals surface area contributed by atoms with Crippen molar-refractivity contribution in [2.45, 2.75) is 32.1 Å². The molecule has 0 aromatic heterocycles. The van der Waals surface area contributed by atoms with Crippen molar-refractivity contribution in [3.05, 3.63) is 48.5 Å². The van der Waals surface area contributed by atoms with Crippen LogP contribution in [0.5, 0.6) is 11.5 Å². The number of methoxy groups -OCH3 is 1. The summed E-state index contributed by atoms with van der Waals surface area (Å²) in [4.78, 5) is 24.2. The zero-order chi connectivity index (χ0) is 21.3. The molecule has 3 rings (SSSR count). The third-order valence-electron chi connectivity index (χ3n) is 4.85. The number of amides is 2. The van der Waals surface area contributed by atoms with E-state index in [0.29, 0.717) is 22.9 Å². The number of para-hydroxylation sites is 1. The van der Waals surface area contributed by atoms with Crippen LogP contribution in [-0.4, -0.2) is 24.2 Å². The lowest BCUT2D eigenvalue weighted by atomic mass is 9.88. The number of hydrogen-bond acceptors (Lipinski definition) is 5. The number of benzene rings is 2. The van der Waals surface area contributed by atoms with Gasteiger partial charge in [0.25, 0.3) is 0 Å². The van der Waals surface area contributed by atoms with Crippen LogP contribution in [-0.2, 0) is 9.53 Å². The van der Waals surface area contributed by atoms with Gasteiger partial charge in [0.1, 0.15) is 11.5 Å². The molecule has 158 valence electrons. The number of carbonyl (C=O) groups is 2. The third-order valence-corrected chi connectivity index (χ3v) is 5.06. The van der Waals surface area contributed by atoms with Gasteiger partial charge in [-0.15, -0.1) is 0 Å². The highest BCUT2D eigenvalue weighted by molar-refractivity contribution is 7.80. The average Bonchev–Trinajstić information content (AvgIpc) is 2.76. The summed E-state index contributed by atoms with van der Waals surface area (Å²) >= 11 is 5.15. The number of rotatable bonds is 5. The number of nitrogens with one attached hydrogen (secondary N) is 3. The maximum Gasteiger partial charge on any atom is 0.413 e. The molecule has 0 atom stereocenters. The molecule has 1 saturated carbocycles. The number of anilines is 2. The Morgan fingerprint density at radius 1 is 0.933 bits per heavy atom. The largest absolute Gasteiger partial charge is 0.457 e. The van der Waals surface area contributed by atoms with E-state index in [1.807, 2.05) is 30.3 Å². The second kappa shape index (κ2) is 10.6. The fraction of sp³-hybridized carbons (Fsp3) is 0.318. The van der Waals surface area contributed by atoms with Gasteiger partial charge in [-0.3, -0.25) is 10.1 Å². The maximum absolute atomic E-state index is 12.8. The van der Waals surface area contributed by atoms with Crippen molar-refractivity contribution in [3.8, 4) is 11.5 Å². The summed E-state index contributed by atoms with van der Waals surface area (Å²) in [5.41, 5.74) is 1.06. The molecule has 2 amide bonds. The van der Waals surface area contributed by atoms with Gasteiger partial charge in [0, 0.05) is 12.0 Å². The Labute approximate surface area is 181 Å². The van der Waals surface area contributed by atoms with Crippen LogP contribution >= 0.6 is 12.2 Å². The Kier molecular flexibility index (Phi) is 7.62. The van der Waals surface area contributed by atoms with Crippen LogP contribution < -0.4 is 20.7 Å². The first kappa shape index (κ1) is 21.6. The fourth-order valence-corrected chi connectivity index (χ4v) is 3.51. The Morgan fingerprint density at radius 2 is 1.67 bits per heavy atom. The molecule has 0 spiro atoms. The zero-order valence-electron chi connectivity index (χ0n) is 16.8. The number of hydrogen-bond donors (Lipinski definition) is 3. The quantitative estimate of drug-likeness (QED) is 0.579. The van der Waals surface area contributed by atoms with Crippen LogP contribution in [0.25, 0.3) is 0 Å². The lowest BCUT2D eigenvalue weighted by Crippen LogP contribution is -2.34. The van der Waals surface area contributed by atoms with Gasteiger partial charge in [-0.1, -0.05) is 37.5 Å². The summed E-state index contributed by atoms with van der Waals surface area (Å²) in [6.45, 7) is 0. The third kappa shape index (κ3) is 6.18. The maximum atomic E-state index is 12.8. The Balaban J connectivity index is 1.79. The van der Waals surface area contributed by atoms with Crippen LogP contribution in [0.2, 0.25) is 0 Å². The molecule has 0 radical (unpaired) electrons. The Hall–Kier alpha value is -3.13. The van der Waals surface area contributed by atoms with Gasteiger partial charge >= 0.3 is 6.09 Å². The van der Waals surface area contributed by atoms with Crippen molar-refractivity contribution in [3.63, 3.8) is 0 Å². The lowest BCUT2D eigenvalue weighted by molar-refractivity contribution is -0.120. The minimum Gasteiger partial charge on any atom is -0.457 e. The smallest absolute Gasteiger partial charge is 0.413 e. The molecule has 0 unspecified atom stereocenters. The predicted molar refractivity (Wildman–Crippen MR) is 120 cm³/mol. The van der Waals surface area contributed by atoms with Gasteiger partial charge in [-0.25, -0.2) is 4.79 Å². The molecule has 0 heterocycles. The molecule has 1 fully saturated rings. The highest BCUT2D eigenvalue weighted by atomic mass is 32.1. The summed E-state index contributed by atoms with van der Waals surface area (Å²) in [7, 11) is 1.25. The molecule has 8 heteroatoms. The molecule has 7 nitrogen and oxygen atoms in total. The number of alkyl carbamates (subject to hydrolysis) is 1. The van der Waals surface area contributed by atoms with E-state index >= 15 is 0 Å². The van der Waals surface area contributed by atoms with E-state index in [1.54, 1.807) is 18.2 Å². The molecular formula is C22H25N3O4S. The number of thiocarbonyl (C=S) groups is 1. The van der Waals surface area contributed by atoms with E-state index < -0.39 is 6.09 Å². The molecule has 0 saturated heterocycles. The van der Waals surface area contributed by atoms with Crippen LogP contribution in [0, 0.1) is 5.92 Å². The Bertz CT molecular complexity index is 899. The molecule has 2 aromatic rings. The van der Waals surface area contributed by atoms with E-state index in [9.17, 15) is 9.59 Å². The van der Waals surface area contributed by atoms with Crippen molar-refractivity contribution in [2.24, 2.45) is 5.92 Å². The van der Waals surface area contributed by atoms with Gasteiger partial charge < -0.3 is 20.1 Å². The first-order chi connectivity index (χ1) is 14.5. The van der Waals surface area contributed by atoms with Crippen LogP contribution in [0.1, 0.15) is 32.1 Å². The van der Waals surface area contributed by atoms with E-state index in [-0.39, 0.29) is 16.9 Å². The van der Waals surface area contributed by atoms with Crippen molar-refractivity contribution >= 4 is 40.7 Å². The molecule has 0 bridgehead atoms. The standard InChI is InChI=1S/C22H25N3O4S/c1-28-22(27)25-21(30)24-18-13-12-17(29-16-10-6-3-7-11-16)14-19(18)23-20(26)15-8-4-2-5-9-15/h3,6-7,10-15H,2,4-5,8-9H2,1H3,(H,23,26)(H2,24,25,27,30). The predicted octanol–water partition coefficient (Wildman–Crippen LogP) is 5.05. The highest BCUT2D eigenvalue weighted by Gasteiger charge is 2.22. The average molecular weight is 428 g/mol. The van der Waals surface area contributed by atoms with Gasteiger partial charge in [0.2, 0.25) is 5.91 Å².